The van der Waals surface area contributed by atoms with Gasteiger partial charge in [-0.15, -0.1) is 0 Å². The zero-order valence-corrected chi connectivity index (χ0v) is 12.3. The summed E-state index contributed by atoms with van der Waals surface area (Å²) in [5.74, 6) is 1.25. The molecule has 1 rings (SSSR count). The highest BCUT2D eigenvalue weighted by Gasteiger charge is 2.16. The Balaban J connectivity index is 2.76. The Morgan fingerprint density at radius 1 is 1.17 bits per heavy atom. The van der Waals surface area contributed by atoms with Crippen LogP contribution >= 0.6 is 0 Å². The fourth-order valence-corrected chi connectivity index (χ4v) is 2.73. The molecular formula is C16H26FN. The van der Waals surface area contributed by atoms with Gasteiger partial charge < -0.3 is 5.32 Å². The minimum atomic E-state index is -0.152. The van der Waals surface area contributed by atoms with E-state index in [1.165, 1.54) is 12.0 Å². The lowest BCUT2D eigenvalue weighted by molar-refractivity contribution is 0.366. The second kappa shape index (κ2) is 6.89. The molecule has 0 saturated heterocycles. The number of benzene rings is 1. The number of halogens is 1. The number of rotatable bonds is 6. The van der Waals surface area contributed by atoms with E-state index in [0.29, 0.717) is 12.0 Å². The van der Waals surface area contributed by atoms with Gasteiger partial charge >= 0.3 is 0 Å². The summed E-state index contributed by atoms with van der Waals surface area (Å²) in [5, 5.41) is 3.36. The Morgan fingerprint density at radius 3 is 2.33 bits per heavy atom. The Morgan fingerprint density at radius 2 is 1.83 bits per heavy atom. The normalized spacial score (nSPS) is 14.8. The van der Waals surface area contributed by atoms with Crippen molar-refractivity contribution in [2.24, 2.45) is 11.8 Å². The topological polar surface area (TPSA) is 12.0 Å². The minimum Gasteiger partial charge on any atom is -0.313 e. The summed E-state index contributed by atoms with van der Waals surface area (Å²) >= 11 is 0. The lowest BCUT2D eigenvalue weighted by atomic mass is 9.88. The van der Waals surface area contributed by atoms with Gasteiger partial charge in [-0.2, -0.15) is 0 Å². The van der Waals surface area contributed by atoms with E-state index in [0.717, 1.165) is 17.9 Å². The number of hydrogen-bond acceptors (Lipinski definition) is 1. The van der Waals surface area contributed by atoms with Crippen LogP contribution in [0.25, 0.3) is 0 Å². The molecule has 0 saturated carbocycles. The molecular weight excluding hydrogens is 225 g/mol. The van der Waals surface area contributed by atoms with Crippen molar-refractivity contribution < 1.29 is 4.39 Å². The standard InChI is InChI=1S/C16H26FN/c1-11(2)8-12(3)9-16(18-5)15-7-6-14(17)10-13(15)4/h6-7,10-12,16,18H,8-9H2,1-5H3. The fourth-order valence-electron chi connectivity index (χ4n) is 2.73. The van der Waals surface area contributed by atoms with Gasteiger partial charge in [-0.05, 0) is 61.9 Å². The van der Waals surface area contributed by atoms with E-state index in [1.54, 1.807) is 12.1 Å². The van der Waals surface area contributed by atoms with Crippen LogP contribution in [0.2, 0.25) is 0 Å². The molecule has 0 amide bonds. The van der Waals surface area contributed by atoms with Crippen molar-refractivity contribution in [3.8, 4) is 0 Å². The summed E-state index contributed by atoms with van der Waals surface area (Å²) in [7, 11) is 1.98. The van der Waals surface area contributed by atoms with E-state index in [1.807, 2.05) is 20.0 Å². The molecule has 0 radical (unpaired) electrons. The first kappa shape index (κ1) is 15.2. The van der Waals surface area contributed by atoms with E-state index < -0.39 is 0 Å². The molecule has 1 aromatic carbocycles. The first-order valence-electron chi connectivity index (χ1n) is 6.87. The molecule has 0 heterocycles. The van der Waals surface area contributed by atoms with Gasteiger partial charge in [-0.25, -0.2) is 4.39 Å². The third kappa shape index (κ3) is 4.41. The highest BCUT2D eigenvalue weighted by molar-refractivity contribution is 5.29. The number of nitrogens with one attached hydrogen (secondary N) is 1. The Kier molecular flexibility index (Phi) is 5.80. The Bertz CT molecular complexity index is 373. The summed E-state index contributed by atoms with van der Waals surface area (Å²) in [4.78, 5) is 0. The Hall–Kier alpha value is -0.890. The minimum absolute atomic E-state index is 0.152. The smallest absolute Gasteiger partial charge is 0.123 e. The molecule has 2 atom stereocenters. The van der Waals surface area contributed by atoms with Crippen molar-refractivity contribution in [1.29, 1.82) is 0 Å². The van der Waals surface area contributed by atoms with E-state index in [2.05, 4.69) is 26.1 Å². The van der Waals surface area contributed by atoms with Gasteiger partial charge in [0.25, 0.3) is 0 Å². The second-order valence-corrected chi connectivity index (χ2v) is 5.81. The molecule has 102 valence electrons. The zero-order valence-electron chi connectivity index (χ0n) is 12.3. The van der Waals surface area contributed by atoms with Crippen molar-refractivity contribution >= 4 is 0 Å². The lowest BCUT2D eigenvalue weighted by Gasteiger charge is -2.23. The van der Waals surface area contributed by atoms with Crippen LogP contribution in [0.4, 0.5) is 4.39 Å². The van der Waals surface area contributed by atoms with Gasteiger partial charge in [-0.1, -0.05) is 26.8 Å². The second-order valence-electron chi connectivity index (χ2n) is 5.81. The van der Waals surface area contributed by atoms with Crippen molar-refractivity contribution in [1.82, 2.24) is 5.32 Å². The summed E-state index contributed by atoms with van der Waals surface area (Å²) < 4.78 is 13.1. The maximum Gasteiger partial charge on any atom is 0.123 e. The third-order valence-corrected chi connectivity index (χ3v) is 3.47. The molecule has 0 bridgehead atoms. The van der Waals surface area contributed by atoms with Crippen LogP contribution in [-0.4, -0.2) is 7.05 Å². The molecule has 18 heavy (non-hydrogen) atoms. The van der Waals surface area contributed by atoms with E-state index in [4.69, 9.17) is 0 Å². The molecule has 0 aliphatic rings. The van der Waals surface area contributed by atoms with Gasteiger partial charge in [-0.3, -0.25) is 0 Å². The van der Waals surface area contributed by atoms with Gasteiger partial charge in [0.15, 0.2) is 0 Å². The van der Waals surface area contributed by atoms with Crippen LogP contribution in [0.5, 0.6) is 0 Å². The molecule has 2 unspecified atom stereocenters. The third-order valence-electron chi connectivity index (χ3n) is 3.47. The first-order valence-corrected chi connectivity index (χ1v) is 6.87. The van der Waals surface area contributed by atoms with E-state index >= 15 is 0 Å². The molecule has 2 heteroatoms. The van der Waals surface area contributed by atoms with Crippen LogP contribution in [0, 0.1) is 24.6 Å². The molecule has 0 aromatic heterocycles. The van der Waals surface area contributed by atoms with Crippen molar-refractivity contribution in [3.63, 3.8) is 0 Å². The summed E-state index contributed by atoms with van der Waals surface area (Å²) in [5.41, 5.74) is 2.25. The quantitative estimate of drug-likeness (QED) is 0.786. The summed E-state index contributed by atoms with van der Waals surface area (Å²) in [6, 6.07) is 5.40. The molecule has 0 aliphatic heterocycles. The SMILES string of the molecule is CNC(CC(C)CC(C)C)c1ccc(F)cc1C. The van der Waals surface area contributed by atoms with Gasteiger partial charge in [0.05, 0.1) is 0 Å². The number of aryl methyl sites for hydroxylation is 1. The van der Waals surface area contributed by atoms with Gasteiger partial charge in [0.2, 0.25) is 0 Å². The van der Waals surface area contributed by atoms with Crippen LogP contribution in [0.15, 0.2) is 18.2 Å². The summed E-state index contributed by atoms with van der Waals surface area (Å²) in [6.07, 6.45) is 2.33. The predicted molar refractivity (Wildman–Crippen MR) is 76.2 cm³/mol. The number of hydrogen-bond donors (Lipinski definition) is 1. The largest absolute Gasteiger partial charge is 0.313 e. The highest BCUT2D eigenvalue weighted by atomic mass is 19.1. The summed E-state index contributed by atoms with van der Waals surface area (Å²) in [6.45, 7) is 8.79. The average molecular weight is 251 g/mol. The van der Waals surface area contributed by atoms with Crippen molar-refractivity contribution in [2.45, 2.75) is 46.6 Å². The molecule has 0 fully saturated rings. The van der Waals surface area contributed by atoms with E-state index in [-0.39, 0.29) is 5.82 Å². The van der Waals surface area contributed by atoms with Crippen molar-refractivity contribution in [3.05, 3.63) is 35.1 Å². The molecule has 1 nitrogen and oxygen atoms in total. The van der Waals surface area contributed by atoms with E-state index in [9.17, 15) is 4.39 Å². The monoisotopic (exact) mass is 251 g/mol. The van der Waals surface area contributed by atoms with Crippen LogP contribution < -0.4 is 5.32 Å². The predicted octanol–water partition coefficient (Wildman–Crippen LogP) is 4.47. The molecule has 1 aromatic rings. The zero-order chi connectivity index (χ0) is 13.7. The lowest BCUT2D eigenvalue weighted by Crippen LogP contribution is -2.20. The van der Waals surface area contributed by atoms with Crippen LogP contribution in [-0.2, 0) is 0 Å². The molecule has 0 aliphatic carbocycles. The van der Waals surface area contributed by atoms with Crippen LogP contribution in [0.3, 0.4) is 0 Å². The molecule has 0 spiro atoms. The maximum atomic E-state index is 13.1. The Labute approximate surface area is 111 Å². The highest BCUT2D eigenvalue weighted by Crippen LogP contribution is 2.27. The van der Waals surface area contributed by atoms with Crippen LogP contribution in [0.1, 0.15) is 50.8 Å². The van der Waals surface area contributed by atoms with Crippen molar-refractivity contribution in [2.75, 3.05) is 7.05 Å². The maximum absolute atomic E-state index is 13.1. The fraction of sp³-hybridized carbons (Fsp3) is 0.625. The van der Waals surface area contributed by atoms with Gasteiger partial charge in [0.1, 0.15) is 5.82 Å². The average Bonchev–Trinajstić information content (AvgIpc) is 2.25. The first-order chi connectivity index (χ1) is 8.43. The van der Waals surface area contributed by atoms with Gasteiger partial charge in [0, 0.05) is 6.04 Å². The molecule has 1 N–H and O–H groups in total.